The van der Waals surface area contributed by atoms with E-state index in [0.717, 1.165) is 24.5 Å². The van der Waals surface area contributed by atoms with Gasteiger partial charge in [-0.15, -0.1) is 0 Å². The van der Waals surface area contributed by atoms with E-state index in [0.29, 0.717) is 0 Å². The highest BCUT2D eigenvalue weighted by atomic mass is 19.1. The molecule has 1 heterocycles. The minimum Gasteiger partial charge on any atom is -0.443 e. The first-order chi connectivity index (χ1) is 12.1. The first-order valence-electron chi connectivity index (χ1n) is 7.33. The third-order valence-electron chi connectivity index (χ3n) is 2.67. The van der Waals surface area contributed by atoms with Crippen molar-refractivity contribution in [1.29, 1.82) is 0 Å². The molecule has 0 saturated carbocycles. The Morgan fingerprint density at radius 3 is 2.62 bits per heavy atom. The molecule has 0 atom stereocenters. The van der Waals surface area contributed by atoms with Gasteiger partial charge in [0.15, 0.2) is 17.4 Å². The van der Waals surface area contributed by atoms with Gasteiger partial charge in [0.1, 0.15) is 11.9 Å². The zero-order chi connectivity index (χ0) is 19.3. The number of carbonyl (C=O) groups is 1. The number of nitro groups is 1. The summed E-state index contributed by atoms with van der Waals surface area (Å²) in [4.78, 5) is 29.1. The Morgan fingerprint density at radius 2 is 2.00 bits per heavy atom. The lowest BCUT2D eigenvalue weighted by Crippen LogP contribution is -2.36. The van der Waals surface area contributed by atoms with Gasteiger partial charge in [0, 0.05) is 12.1 Å². The molecule has 2 rings (SSSR count). The zero-order valence-corrected chi connectivity index (χ0v) is 14.1. The normalized spacial score (nSPS) is 10.8. The van der Waals surface area contributed by atoms with Crippen LogP contribution in [0.5, 0.6) is 11.6 Å². The molecule has 26 heavy (non-hydrogen) atoms. The molecule has 11 heteroatoms. The predicted octanol–water partition coefficient (Wildman–Crippen LogP) is 3.17. The number of nitrogens with zero attached hydrogens (tertiary/aromatic N) is 3. The lowest BCUT2D eigenvalue weighted by Gasteiger charge is -2.19. The van der Waals surface area contributed by atoms with Gasteiger partial charge in [0.2, 0.25) is 5.88 Å². The largest absolute Gasteiger partial charge is 0.443 e. The number of carbonyl (C=O) groups excluding carboxylic acids is 1. The molecule has 1 amide bonds. The molecule has 2 aromatic rings. The van der Waals surface area contributed by atoms with E-state index in [-0.39, 0.29) is 17.4 Å². The maximum absolute atomic E-state index is 13.8. The van der Waals surface area contributed by atoms with E-state index in [1.807, 2.05) is 0 Å². The number of halogens is 1. The predicted molar refractivity (Wildman–Crippen MR) is 88.2 cm³/mol. The second-order valence-corrected chi connectivity index (χ2v) is 5.97. The fraction of sp³-hybridized carbons (Fsp3) is 0.267. The van der Waals surface area contributed by atoms with Crippen molar-refractivity contribution >= 4 is 17.6 Å². The fourth-order valence-electron chi connectivity index (χ4n) is 1.68. The minimum absolute atomic E-state index is 0.0405. The molecule has 0 aliphatic carbocycles. The summed E-state index contributed by atoms with van der Waals surface area (Å²) in [5.74, 6) is -1.05. The van der Waals surface area contributed by atoms with Crippen LogP contribution in [0.3, 0.4) is 0 Å². The number of nitrogens with one attached hydrogen (secondary N) is 2. The molecule has 0 aliphatic heterocycles. The molecule has 1 aromatic carbocycles. The molecule has 0 fully saturated rings. The van der Waals surface area contributed by atoms with E-state index in [2.05, 4.69) is 20.8 Å². The van der Waals surface area contributed by atoms with Crippen LogP contribution < -0.4 is 15.6 Å². The molecule has 0 saturated heterocycles. The van der Waals surface area contributed by atoms with Crippen LogP contribution in [0.15, 0.2) is 30.6 Å². The molecule has 0 spiro atoms. The lowest BCUT2D eigenvalue weighted by molar-refractivity contribution is -0.385. The molecular formula is C15H16FN5O5. The number of ether oxygens (including phenoxy) is 2. The van der Waals surface area contributed by atoms with Crippen molar-refractivity contribution in [3.63, 3.8) is 0 Å². The van der Waals surface area contributed by atoms with Crippen molar-refractivity contribution in [1.82, 2.24) is 15.4 Å². The van der Waals surface area contributed by atoms with Crippen LogP contribution in [0, 0.1) is 15.9 Å². The highest BCUT2D eigenvalue weighted by Gasteiger charge is 2.16. The second-order valence-electron chi connectivity index (χ2n) is 5.97. The molecule has 10 nitrogen and oxygen atoms in total. The highest BCUT2D eigenvalue weighted by molar-refractivity contribution is 5.69. The molecule has 2 N–H and O–H groups in total. The quantitative estimate of drug-likeness (QED) is 0.611. The van der Waals surface area contributed by atoms with Crippen LogP contribution >= 0.6 is 0 Å². The van der Waals surface area contributed by atoms with Crippen molar-refractivity contribution in [3.8, 4) is 11.6 Å². The SMILES string of the molecule is CC(C)(C)OC(=O)NNc1cc(Oc2ccc([N+](=O)[O-])cc2F)ncn1. The number of hydrazine groups is 1. The van der Waals surface area contributed by atoms with Gasteiger partial charge in [0.05, 0.1) is 11.0 Å². The molecule has 138 valence electrons. The summed E-state index contributed by atoms with van der Waals surface area (Å²) in [5, 5.41) is 10.6. The van der Waals surface area contributed by atoms with Gasteiger partial charge in [0.25, 0.3) is 5.69 Å². The third-order valence-corrected chi connectivity index (χ3v) is 2.67. The zero-order valence-electron chi connectivity index (χ0n) is 14.1. The summed E-state index contributed by atoms with van der Waals surface area (Å²) >= 11 is 0. The number of hydrogen-bond donors (Lipinski definition) is 2. The van der Waals surface area contributed by atoms with Crippen LogP contribution in [0.2, 0.25) is 0 Å². The van der Waals surface area contributed by atoms with Crippen molar-refractivity contribution in [2.24, 2.45) is 0 Å². The third kappa shape index (κ3) is 5.54. The highest BCUT2D eigenvalue weighted by Crippen LogP contribution is 2.26. The van der Waals surface area contributed by atoms with E-state index in [4.69, 9.17) is 9.47 Å². The van der Waals surface area contributed by atoms with Crippen molar-refractivity contribution in [3.05, 3.63) is 46.5 Å². The summed E-state index contributed by atoms with van der Waals surface area (Å²) in [6, 6.07) is 4.24. The van der Waals surface area contributed by atoms with Gasteiger partial charge in [-0.25, -0.2) is 24.6 Å². The number of benzene rings is 1. The average molecular weight is 365 g/mol. The van der Waals surface area contributed by atoms with Gasteiger partial charge < -0.3 is 9.47 Å². The molecule has 0 aliphatic rings. The Kier molecular flexibility index (Phi) is 5.50. The summed E-state index contributed by atoms with van der Waals surface area (Å²) in [5.41, 5.74) is 3.70. The van der Waals surface area contributed by atoms with E-state index >= 15 is 0 Å². The first-order valence-corrected chi connectivity index (χ1v) is 7.33. The van der Waals surface area contributed by atoms with Crippen LogP contribution in [-0.2, 0) is 4.74 Å². The lowest BCUT2D eigenvalue weighted by atomic mass is 10.2. The average Bonchev–Trinajstić information content (AvgIpc) is 2.53. The van der Waals surface area contributed by atoms with Gasteiger partial charge in [-0.1, -0.05) is 0 Å². The van der Waals surface area contributed by atoms with Gasteiger partial charge in [-0.3, -0.25) is 15.5 Å². The van der Waals surface area contributed by atoms with E-state index in [1.54, 1.807) is 20.8 Å². The Morgan fingerprint density at radius 1 is 1.27 bits per heavy atom. The number of rotatable bonds is 5. The Hall–Kier alpha value is -3.50. The van der Waals surface area contributed by atoms with E-state index < -0.39 is 28.1 Å². The van der Waals surface area contributed by atoms with Crippen LogP contribution in [0.1, 0.15) is 20.8 Å². The summed E-state index contributed by atoms with van der Waals surface area (Å²) in [7, 11) is 0. The van der Waals surface area contributed by atoms with Crippen LogP contribution in [-0.4, -0.2) is 26.6 Å². The van der Waals surface area contributed by atoms with Crippen molar-refractivity contribution in [2.45, 2.75) is 26.4 Å². The van der Waals surface area contributed by atoms with Gasteiger partial charge in [-0.05, 0) is 26.8 Å². The van der Waals surface area contributed by atoms with Crippen LogP contribution in [0.25, 0.3) is 0 Å². The number of hydrogen-bond acceptors (Lipinski definition) is 8. The summed E-state index contributed by atoms with van der Waals surface area (Å²) < 4.78 is 24.1. The molecule has 0 bridgehead atoms. The van der Waals surface area contributed by atoms with E-state index in [1.165, 1.54) is 6.07 Å². The monoisotopic (exact) mass is 365 g/mol. The minimum atomic E-state index is -0.917. The first kappa shape index (κ1) is 18.8. The Balaban J connectivity index is 2.03. The van der Waals surface area contributed by atoms with Crippen LogP contribution in [0.4, 0.5) is 20.7 Å². The number of amides is 1. The van der Waals surface area contributed by atoms with Gasteiger partial charge >= 0.3 is 6.09 Å². The maximum atomic E-state index is 13.8. The summed E-state index contributed by atoms with van der Waals surface area (Å²) in [6.45, 7) is 5.13. The maximum Gasteiger partial charge on any atom is 0.426 e. The molecular weight excluding hydrogens is 349 g/mol. The summed E-state index contributed by atoms with van der Waals surface area (Å²) in [6.07, 6.45) is 0.401. The van der Waals surface area contributed by atoms with Crippen molar-refractivity contribution in [2.75, 3.05) is 5.43 Å². The Bertz CT molecular complexity index is 824. The smallest absolute Gasteiger partial charge is 0.426 e. The fourth-order valence-corrected chi connectivity index (χ4v) is 1.68. The standard InChI is InChI=1S/C15H16FN5O5/c1-15(2,3)26-14(22)20-19-12-7-13(18-8-17-12)25-11-5-4-9(21(23)24)6-10(11)16/h4-8H,1-3H3,(H,20,22)(H,17,18,19). The number of nitro benzene ring substituents is 1. The number of aromatic nitrogens is 2. The number of anilines is 1. The molecule has 0 unspecified atom stereocenters. The molecule has 0 radical (unpaired) electrons. The van der Waals surface area contributed by atoms with Gasteiger partial charge in [-0.2, -0.15) is 0 Å². The Labute approximate surface area is 147 Å². The van der Waals surface area contributed by atoms with Crippen molar-refractivity contribution < 1.29 is 23.6 Å². The second kappa shape index (κ2) is 7.59. The number of non-ortho nitro benzene ring substituents is 1. The molecule has 1 aromatic heterocycles. The topological polar surface area (TPSA) is 129 Å². The van der Waals surface area contributed by atoms with E-state index in [9.17, 15) is 19.3 Å².